The quantitative estimate of drug-likeness (QED) is 0.652. The van der Waals surface area contributed by atoms with Gasteiger partial charge in [-0.2, -0.15) is 0 Å². The third-order valence-electron chi connectivity index (χ3n) is 4.89. The van der Waals surface area contributed by atoms with Crippen molar-refractivity contribution in [3.05, 3.63) is 57.0 Å². The van der Waals surface area contributed by atoms with Crippen LogP contribution in [0.25, 0.3) is 10.2 Å². The number of aromatic nitrogens is 2. The Morgan fingerprint density at radius 3 is 2.72 bits per heavy atom. The zero-order chi connectivity index (χ0) is 20.4. The molecule has 0 spiro atoms. The van der Waals surface area contributed by atoms with Crippen molar-refractivity contribution in [2.45, 2.75) is 39.2 Å². The Balaban J connectivity index is 1.78. The molecule has 0 unspecified atom stereocenters. The van der Waals surface area contributed by atoms with Crippen molar-refractivity contribution in [1.82, 2.24) is 9.55 Å². The van der Waals surface area contributed by atoms with Crippen LogP contribution in [0, 0.1) is 0 Å². The average Bonchev–Trinajstić information content (AvgIpc) is 3.09. The lowest BCUT2D eigenvalue weighted by Crippen LogP contribution is -2.33. The van der Waals surface area contributed by atoms with Gasteiger partial charge in [-0.05, 0) is 50.3 Å². The summed E-state index contributed by atoms with van der Waals surface area (Å²) in [6, 6.07) is 8.96. The molecule has 1 N–H and O–H groups in total. The molecule has 4 rings (SSSR count). The maximum atomic E-state index is 13.3. The first kappa shape index (κ1) is 19.3. The summed E-state index contributed by atoms with van der Waals surface area (Å²) in [7, 11) is 0. The molecule has 0 radical (unpaired) electrons. The summed E-state index contributed by atoms with van der Waals surface area (Å²) >= 11 is 1.46. The molecule has 8 heteroatoms. The Morgan fingerprint density at radius 1 is 1.21 bits per heavy atom. The fourth-order valence-electron chi connectivity index (χ4n) is 3.60. The number of thiophene rings is 1. The summed E-state index contributed by atoms with van der Waals surface area (Å²) in [5, 5.41) is 3.28. The van der Waals surface area contributed by atoms with Gasteiger partial charge in [0, 0.05) is 10.6 Å². The van der Waals surface area contributed by atoms with Crippen LogP contribution in [0.5, 0.6) is 0 Å². The topological polar surface area (TPSA) is 90.3 Å². The van der Waals surface area contributed by atoms with Gasteiger partial charge in [0.15, 0.2) is 0 Å². The first-order valence-corrected chi connectivity index (χ1v) is 10.5. The number of carbonyl (C=O) groups excluding carboxylic acids is 2. The minimum absolute atomic E-state index is 0.133. The molecule has 3 aromatic rings. The minimum Gasteiger partial charge on any atom is -0.460 e. The molecular weight excluding hydrogens is 390 g/mol. The molecule has 0 saturated heterocycles. The molecule has 1 aliphatic rings. The molecule has 0 saturated carbocycles. The van der Waals surface area contributed by atoms with Gasteiger partial charge in [-0.1, -0.05) is 18.2 Å². The fraction of sp³-hybridized carbons (Fsp3) is 0.333. The molecule has 2 aromatic heterocycles. The number of amides is 1. The summed E-state index contributed by atoms with van der Waals surface area (Å²) in [4.78, 5) is 44.5. The maximum Gasteiger partial charge on any atom is 0.374 e. The van der Waals surface area contributed by atoms with Gasteiger partial charge in [0.2, 0.25) is 11.7 Å². The third kappa shape index (κ3) is 3.80. The lowest BCUT2D eigenvalue weighted by Gasteiger charge is -2.13. The number of ether oxygens (including phenoxy) is 1. The van der Waals surface area contributed by atoms with Crippen molar-refractivity contribution in [3.8, 4) is 0 Å². The number of rotatable bonds is 5. The van der Waals surface area contributed by atoms with Gasteiger partial charge in [0.05, 0.1) is 12.0 Å². The van der Waals surface area contributed by atoms with E-state index in [2.05, 4.69) is 10.3 Å². The first-order valence-electron chi connectivity index (χ1n) is 9.65. The van der Waals surface area contributed by atoms with E-state index in [9.17, 15) is 14.4 Å². The minimum atomic E-state index is -0.703. The summed E-state index contributed by atoms with van der Waals surface area (Å²) in [5.74, 6) is -1.24. The lowest BCUT2D eigenvalue weighted by atomic mass is 9.97. The van der Waals surface area contributed by atoms with Crippen LogP contribution in [0.1, 0.15) is 40.8 Å². The number of nitrogens with one attached hydrogen (secondary N) is 1. The molecule has 1 amide bonds. The van der Waals surface area contributed by atoms with E-state index in [1.807, 2.05) is 6.07 Å². The number of hydrogen-bond acceptors (Lipinski definition) is 6. The van der Waals surface area contributed by atoms with Gasteiger partial charge in [-0.25, -0.2) is 9.78 Å². The molecule has 0 atom stereocenters. The van der Waals surface area contributed by atoms with Crippen LogP contribution in [0.15, 0.2) is 35.1 Å². The predicted molar refractivity (Wildman–Crippen MR) is 112 cm³/mol. The van der Waals surface area contributed by atoms with Crippen molar-refractivity contribution >= 4 is 39.1 Å². The van der Waals surface area contributed by atoms with Gasteiger partial charge in [0.25, 0.3) is 5.56 Å². The Bertz CT molecular complexity index is 1130. The monoisotopic (exact) mass is 411 g/mol. The number of anilines is 1. The van der Waals surface area contributed by atoms with Crippen LogP contribution in [-0.4, -0.2) is 28.0 Å². The van der Waals surface area contributed by atoms with E-state index in [4.69, 9.17) is 4.74 Å². The smallest absolute Gasteiger partial charge is 0.374 e. The highest BCUT2D eigenvalue weighted by Gasteiger charge is 2.25. The molecule has 29 heavy (non-hydrogen) atoms. The number of esters is 1. The van der Waals surface area contributed by atoms with E-state index in [1.165, 1.54) is 11.3 Å². The lowest BCUT2D eigenvalue weighted by molar-refractivity contribution is -0.116. The first-order chi connectivity index (χ1) is 14.1. The second kappa shape index (κ2) is 8.16. The molecule has 150 valence electrons. The summed E-state index contributed by atoms with van der Waals surface area (Å²) in [6.45, 7) is 1.53. The van der Waals surface area contributed by atoms with E-state index in [0.29, 0.717) is 15.9 Å². The Hall–Kier alpha value is -3.00. The van der Waals surface area contributed by atoms with E-state index in [0.717, 1.165) is 40.7 Å². The summed E-state index contributed by atoms with van der Waals surface area (Å²) in [5.41, 5.74) is 1.27. The molecule has 0 aliphatic heterocycles. The van der Waals surface area contributed by atoms with Crippen LogP contribution in [0.2, 0.25) is 0 Å². The van der Waals surface area contributed by atoms with E-state index in [-0.39, 0.29) is 24.5 Å². The van der Waals surface area contributed by atoms with E-state index in [1.54, 1.807) is 31.2 Å². The second-order valence-corrected chi connectivity index (χ2v) is 7.94. The Morgan fingerprint density at radius 2 is 1.97 bits per heavy atom. The molecule has 1 aliphatic carbocycles. The van der Waals surface area contributed by atoms with Crippen molar-refractivity contribution in [2.24, 2.45) is 0 Å². The third-order valence-corrected chi connectivity index (χ3v) is 6.08. The highest BCUT2D eigenvalue weighted by Crippen LogP contribution is 2.33. The zero-order valence-corrected chi connectivity index (χ0v) is 16.9. The van der Waals surface area contributed by atoms with Crippen LogP contribution in [0.3, 0.4) is 0 Å². The van der Waals surface area contributed by atoms with Crippen molar-refractivity contribution in [3.63, 3.8) is 0 Å². The van der Waals surface area contributed by atoms with Gasteiger partial charge in [0.1, 0.15) is 11.4 Å². The molecule has 7 nitrogen and oxygen atoms in total. The van der Waals surface area contributed by atoms with Crippen molar-refractivity contribution < 1.29 is 14.3 Å². The average molecular weight is 411 g/mol. The number of nitrogens with zero attached hydrogens (tertiary/aromatic N) is 2. The van der Waals surface area contributed by atoms with Crippen molar-refractivity contribution in [2.75, 3.05) is 11.9 Å². The largest absolute Gasteiger partial charge is 0.460 e. The molecule has 1 aromatic carbocycles. The zero-order valence-electron chi connectivity index (χ0n) is 16.1. The normalized spacial score (nSPS) is 13.1. The molecule has 0 fully saturated rings. The van der Waals surface area contributed by atoms with Gasteiger partial charge in [-0.3, -0.25) is 14.2 Å². The highest BCUT2D eigenvalue weighted by molar-refractivity contribution is 7.18. The molecular formula is C21H21N3O4S. The number of aryl methyl sites for hydroxylation is 2. The predicted octanol–water partition coefficient (Wildman–Crippen LogP) is 3.15. The van der Waals surface area contributed by atoms with Crippen molar-refractivity contribution in [1.29, 1.82) is 0 Å². The van der Waals surface area contributed by atoms with Gasteiger partial charge < -0.3 is 10.1 Å². The van der Waals surface area contributed by atoms with Crippen LogP contribution < -0.4 is 10.9 Å². The fourth-order valence-corrected chi connectivity index (χ4v) is 4.85. The molecule has 0 bridgehead atoms. The maximum absolute atomic E-state index is 13.3. The molecule has 2 heterocycles. The van der Waals surface area contributed by atoms with Gasteiger partial charge in [-0.15, -0.1) is 11.3 Å². The van der Waals surface area contributed by atoms with Crippen LogP contribution >= 0.6 is 11.3 Å². The van der Waals surface area contributed by atoms with Gasteiger partial charge >= 0.3 is 5.97 Å². The number of fused-ring (bicyclic) bond motifs is 3. The van der Waals surface area contributed by atoms with Crippen LogP contribution in [-0.2, 0) is 28.9 Å². The Kier molecular flexibility index (Phi) is 5.44. The second-order valence-electron chi connectivity index (χ2n) is 6.85. The number of hydrogen-bond donors (Lipinski definition) is 1. The summed E-state index contributed by atoms with van der Waals surface area (Å²) < 4.78 is 6.23. The number of para-hydroxylation sites is 1. The highest BCUT2D eigenvalue weighted by atomic mass is 32.1. The Labute approximate surface area is 171 Å². The summed E-state index contributed by atoms with van der Waals surface area (Å²) in [6.07, 6.45) is 3.84. The standard InChI is InChI=1S/C21H21N3O4S/c1-2-28-21(27)18-23-19-17(14-10-6-7-11-15(14)29-19)20(26)24(18)12-16(25)22-13-8-4-3-5-9-13/h3-5,8-9H,2,6-7,10-12H2,1H3,(H,22,25). The number of carbonyl (C=O) groups is 2. The van der Waals surface area contributed by atoms with E-state index < -0.39 is 11.9 Å². The van der Waals surface area contributed by atoms with E-state index >= 15 is 0 Å². The SMILES string of the molecule is CCOC(=O)c1nc2sc3c(c2c(=O)n1CC(=O)Nc1ccccc1)CCCC3. The number of benzene rings is 1. The van der Waals surface area contributed by atoms with Crippen LogP contribution in [0.4, 0.5) is 5.69 Å².